The van der Waals surface area contributed by atoms with Gasteiger partial charge in [-0.05, 0) is 60.2 Å². The summed E-state index contributed by atoms with van der Waals surface area (Å²) in [5.41, 5.74) is 2.41. The second-order valence-electron chi connectivity index (χ2n) is 8.16. The summed E-state index contributed by atoms with van der Waals surface area (Å²) in [6.07, 6.45) is 1.61. The summed E-state index contributed by atoms with van der Waals surface area (Å²) in [5, 5.41) is 30.8. The molecule has 6 nitrogen and oxygen atoms in total. The smallest absolute Gasteiger partial charge is 0.191 e. The summed E-state index contributed by atoms with van der Waals surface area (Å²) in [7, 11) is 0. The Labute approximate surface area is 206 Å². The first kappa shape index (κ1) is 26.1. The van der Waals surface area contributed by atoms with Crippen LogP contribution >= 0.6 is 35.3 Å². The minimum absolute atomic E-state index is 0. The molecule has 1 fully saturated rings. The zero-order valence-electron chi connectivity index (χ0n) is 18.4. The third-order valence-corrected chi connectivity index (χ3v) is 6.18. The second kappa shape index (κ2) is 12.7. The van der Waals surface area contributed by atoms with Crippen molar-refractivity contribution in [3.8, 4) is 0 Å². The van der Waals surface area contributed by atoms with Crippen molar-refractivity contribution in [3.05, 3.63) is 57.8 Å². The van der Waals surface area contributed by atoms with Gasteiger partial charge in [0, 0.05) is 26.2 Å². The lowest BCUT2D eigenvalue weighted by atomic mass is 9.99. The van der Waals surface area contributed by atoms with Gasteiger partial charge in [0.15, 0.2) is 5.96 Å². The molecule has 0 radical (unpaired) electrons. The fourth-order valence-electron chi connectivity index (χ4n) is 3.53. The minimum Gasteiger partial charge on any atom is -0.393 e. The molecule has 2 heterocycles. The van der Waals surface area contributed by atoms with Crippen molar-refractivity contribution in [2.45, 2.75) is 51.5 Å². The van der Waals surface area contributed by atoms with Gasteiger partial charge in [-0.1, -0.05) is 24.3 Å². The number of aliphatic imine (C=N–C) groups is 1. The zero-order chi connectivity index (χ0) is 21.4. The lowest BCUT2D eigenvalue weighted by molar-refractivity contribution is 0.0621. The van der Waals surface area contributed by atoms with E-state index in [1.54, 1.807) is 11.3 Å². The molecule has 8 heteroatoms. The second-order valence-corrected chi connectivity index (χ2v) is 8.94. The van der Waals surface area contributed by atoms with Crippen LogP contribution in [0, 0.1) is 0 Å². The van der Waals surface area contributed by atoms with Crippen molar-refractivity contribution in [1.29, 1.82) is 0 Å². The highest BCUT2D eigenvalue weighted by Crippen LogP contribution is 2.22. The Morgan fingerprint density at radius 2 is 1.84 bits per heavy atom. The number of piperidine rings is 1. The number of guanidine groups is 1. The molecule has 1 unspecified atom stereocenters. The van der Waals surface area contributed by atoms with Crippen LogP contribution < -0.4 is 10.6 Å². The fraction of sp³-hybridized carbons (Fsp3) is 0.522. The Kier molecular flexibility index (Phi) is 10.7. The number of nitrogens with one attached hydrogen (secondary N) is 2. The summed E-state index contributed by atoms with van der Waals surface area (Å²) in [6.45, 7) is 8.41. The first-order valence-electron chi connectivity index (χ1n) is 10.7. The molecule has 172 valence electrons. The Morgan fingerprint density at radius 3 is 2.45 bits per heavy atom. The lowest BCUT2D eigenvalue weighted by Gasteiger charge is -2.29. The van der Waals surface area contributed by atoms with E-state index in [0.29, 0.717) is 19.0 Å². The van der Waals surface area contributed by atoms with E-state index in [4.69, 9.17) is 0 Å². The van der Waals surface area contributed by atoms with E-state index in [1.165, 1.54) is 5.56 Å². The average Bonchev–Trinajstić information content (AvgIpc) is 3.29. The van der Waals surface area contributed by atoms with Crippen LogP contribution in [0.25, 0.3) is 0 Å². The molecule has 1 aromatic heterocycles. The van der Waals surface area contributed by atoms with Gasteiger partial charge >= 0.3 is 0 Å². The molecule has 1 aliphatic heterocycles. The largest absolute Gasteiger partial charge is 0.393 e. The van der Waals surface area contributed by atoms with Gasteiger partial charge in [0.1, 0.15) is 5.60 Å². The maximum atomic E-state index is 10.7. The molecule has 0 amide bonds. The molecule has 0 aliphatic carbocycles. The summed E-state index contributed by atoms with van der Waals surface area (Å²) in [5.74, 6) is 0.698. The normalized spacial score (nSPS) is 17.6. The van der Waals surface area contributed by atoms with Gasteiger partial charge in [0.05, 0.1) is 19.2 Å². The van der Waals surface area contributed by atoms with E-state index >= 15 is 0 Å². The lowest BCUT2D eigenvalue weighted by Crippen LogP contribution is -2.44. The van der Waals surface area contributed by atoms with Gasteiger partial charge in [-0.25, -0.2) is 4.99 Å². The van der Waals surface area contributed by atoms with Crippen molar-refractivity contribution < 1.29 is 10.2 Å². The first-order valence-corrected chi connectivity index (χ1v) is 11.7. The number of benzene rings is 1. The van der Waals surface area contributed by atoms with Crippen molar-refractivity contribution in [2.24, 2.45) is 4.99 Å². The monoisotopic (exact) mass is 558 g/mol. The highest BCUT2D eigenvalue weighted by Gasteiger charge is 2.23. The third kappa shape index (κ3) is 8.34. The topological polar surface area (TPSA) is 80.1 Å². The Balaban J connectivity index is 0.00000341. The van der Waals surface area contributed by atoms with E-state index in [0.717, 1.165) is 50.1 Å². The van der Waals surface area contributed by atoms with E-state index in [-0.39, 0.29) is 30.1 Å². The molecular formula is C23H35IN4O2S. The molecule has 0 saturated carbocycles. The average molecular weight is 559 g/mol. The molecular weight excluding hydrogens is 523 g/mol. The molecule has 1 atom stereocenters. The molecule has 1 aromatic carbocycles. The van der Waals surface area contributed by atoms with Gasteiger partial charge in [-0.3, -0.25) is 4.90 Å². The molecule has 1 saturated heterocycles. The summed E-state index contributed by atoms with van der Waals surface area (Å²) in [4.78, 5) is 7.06. The van der Waals surface area contributed by atoms with E-state index in [2.05, 4.69) is 44.8 Å². The molecule has 1 aliphatic rings. The number of likely N-dealkylation sites (tertiary alicyclic amines) is 1. The molecule has 3 rings (SSSR count). The number of aliphatic hydroxyl groups is 2. The van der Waals surface area contributed by atoms with Crippen molar-refractivity contribution in [3.63, 3.8) is 0 Å². The van der Waals surface area contributed by atoms with E-state index < -0.39 is 5.60 Å². The highest BCUT2D eigenvalue weighted by atomic mass is 127. The SMILES string of the molecule is CCNC(=NCc1ccc(CN2CCC(O)CC2)cc1)NCC(C)(O)c1ccsc1.I. The van der Waals surface area contributed by atoms with Gasteiger partial charge in [-0.2, -0.15) is 11.3 Å². The Morgan fingerprint density at radius 1 is 1.16 bits per heavy atom. The van der Waals surface area contributed by atoms with Crippen LogP contribution in [-0.4, -0.2) is 53.4 Å². The Hall–Kier alpha value is -1.20. The number of nitrogens with zero attached hydrogens (tertiary/aromatic N) is 2. The van der Waals surface area contributed by atoms with Gasteiger partial charge in [-0.15, -0.1) is 24.0 Å². The fourth-order valence-corrected chi connectivity index (χ4v) is 4.31. The maximum absolute atomic E-state index is 10.7. The number of aliphatic hydroxyl groups excluding tert-OH is 1. The van der Waals surface area contributed by atoms with Crippen LogP contribution in [0.2, 0.25) is 0 Å². The molecule has 31 heavy (non-hydrogen) atoms. The summed E-state index contributed by atoms with van der Waals surface area (Å²) in [6, 6.07) is 10.5. The number of halogens is 1. The quantitative estimate of drug-likeness (QED) is 0.227. The van der Waals surface area contributed by atoms with Gasteiger partial charge < -0.3 is 20.8 Å². The van der Waals surface area contributed by atoms with Gasteiger partial charge in [0.25, 0.3) is 0 Å². The predicted molar refractivity (Wildman–Crippen MR) is 139 cm³/mol. The van der Waals surface area contributed by atoms with Crippen LogP contribution in [0.5, 0.6) is 0 Å². The van der Waals surface area contributed by atoms with Crippen LogP contribution in [0.4, 0.5) is 0 Å². The molecule has 0 bridgehead atoms. The first-order chi connectivity index (χ1) is 14.5. The summed E-state index contributed by atoms with van der Waals surface area (Å²) >= 11 is 1.58. The molecule has 2 aromatic rings. The number of hydrogen-bond donors (Lipinski definition) is 4. The van der Waals surface area contributed by atoms with Crippen LogP contribution in [0.1, 0.15) is 43.4 Å². The maximum Gasteiger partial charge on any atom is 0.191 e. The van der Waals surface area contributed by atoms with Crippen LogP contribution in [0.3, 0.4) is 0 Å². The predicted octanol–water partition coefficient (Wildman–Crippen LogP) is 3.29. The van der Waals surface area contributed by atoms with Crippen molar-refractivity contribution >= 4 is 41.3 Å². The zero-order valence-corrected chi connectivity index (χ0v) is 21.5. The number of rotatable bonds is 8. The van der Waals surface area contributed by atoms with Gasteiger partial charge in [0.2, 0.25) is 0 Å². The van der Waals surface area contributed by atoms with Crippen molar-refractivity contribution in [1.82, 2.24) is 15.5 Å². The van der Waals surface area contributed by atoms with E-state index in [9.17, 15) is 10.2 Å². The molecule has 0 spiro atoms. The van der Waals surface area contributed by atoms with Crippen LogP contribution in [-0.2, 0) is 18.7 Å². The molecule has 4 N–H and O–H groups in total. The van der Waals surface area contributed by atoms with E-state index in [1.807, 2.05) is 30.7 Å². The highest BCUT2D eigenvalue weighted by molar-refractivity contribution is 14.0. The summed E-state index contributed by atoms with van der Waals surface area (Å²) < 4.78 is 0. The third-order valence-electron chi connectivity index (χ3n) is 5.49. The minimum atomic E-state index is -0.942. The Bertz CT molecular complexity index is 788. The van der Waals surface area contributed by atoms with Crippen molar-refractivity contribution in [2.75, 3.05) is 26.2 Å². The number of hydrogen-bond acceptors (Lipinski definition) is 5. The van der Waals surface area contributed by atoms with Crippen LogP contribution in [0.15, 0.2) is 46.1 Å². The number of thiophene rings is 1. The standard InChI is InChI=1S/C23H34N4O2S.HI/c1-3-24-22(26-17-23(2,29)20-10-13-30-16-20)25-14-18-4-6-19(7-5-18)15-27-11-8-21(28)9-12-27;/h4-7,10,13,16,21,28-29H,3,8-9,11-12,14-15,17H2,1-2H3,(H2,24,25,26);1H.